The largest absolute Gasteiger partial charge is 0.365 e. The smallest absolute Gasteiger partial charge is 0.227 e. The normalized spacial score (nSPS) is 23.8. The highest BCUT2D eigenvalue weighted by Crippen LogP contribution is 2.34. The zero-order valence-corrected chi connectivity index (χ0v) is 23.3. The number of imidazole rings is 1. The van der Waals surface area contributed by atoms with Crippen molar-refractivity contribution in [2.75, 3.05) is 23.7 Å². The van der Waals surface area contributed by atoms with E-state index in [1.807, 2.05) is 36.7 Å². The lowest BCUT2D eigenvalue weighted by Gasteiger charge is -2.32. The highest BCUT2D eigenvalue weighted by atomic mass is 32.2. The lowest BCUT2D eigenvalue weighted by molar-refractivity contribution is 0.329. The van der Waals surface area contributed by atoms with Crippen molar-refractivity contribution >= 4 is 33.0 Å². The quantitative estimate of drug-likeness (QED) is 0.382. The average Bonchev–Trinajstić information content (AvgIpc) is 3.61. The molecule has 0 unspecified atom stereocenters. The molecule has 1 saturated heterocycles. The first-order chi connectivity index (χ1) is 18.9. The molecule has 1 aromatic carbocycles. The summed E-state index contributed by atoms with van der Waals surface area (Å²) in [5.41, 5.74) is 8.60. The van der Waals surface area contributed by atoms with E-state index in [9.17, 15) is 8.42 Å². The van der Waals surface area contributed by atoms with E-state index in [1.165, 1.54) is 12.8 Å². The van der Waals surface area contributed by atoms with Crippen molar-refractivity contribution in [1.29, 1.82) is 0 Å². The fourth-order valence-corrected chi connectivity index (χ4v) is 7.89. The molecule has 11 heteroatoms. The van der Waals surface area contributed by atoms with Crippen LogP contribution in [0.2, 0.25) is 0 Å². The van der Waals surface area contributed by atoms with Gasteiger partial charge in [-0.3, -0.25) is 0 Å². The van der Waals surface area contributed by atoms with Crippen LogP contribution in [-0.4, -0.2) is 63.5 Å². The molecule has 3 aromatic rings. The van der Waals surface area contributed by atoms with E-state index in [0.717, 1.165) is 61.1 Å². The van der Waals surface area contributed by atoms with Crippen molar-refractivity contribution < 1.29 is 8.42 Å². The second-order valence-electron chi connectivity index (χ2n) is 11.5. The van der Waals surface area contributed by atoms with E-state index >= 15 is 0 Å². The number of fused-ring (bicyclic) bond motifs is 1. The molecule has 3 heterocycles. The summed E-state index contributed by atoms with van der Waals surface area (Å²) >= 11 is 0. The van der Waals surface area contributed by atoms with Crippen LogP contribution in [0.3, 0.4) is 0 Å². The molecule has 2 saturated carbocycles. The predicted molar refractivity (Wildman–Crippen MR) is 154 cm³/mol. The molecule has 4 N–H and O–H groups in total. The first-order valence-corrected chi connectivity index (χ1v) is 16.1. The molecule has 2 aliphatic carbocycles. The Bertz CT molecular complexity index is 1360. The van der Waals surface area contributed by atoms with E-state index < -0.39 is 10.0 Å². The number of rotatable bonds is 8. The Hall–Kier alpha value is -2.76. The van der Waals surface area contributed by atoms with E-state index in [1.54, 1.807) is 4.31 Å². The number of aromatic nitrogens is 4. The summed E-state index contributed by atoms with van der Waals surface area (Å²) in [4.78, 5) is 14.6. The van der Waals surface area contributed by atoms with Gasteiger partial charge in [-0.05, 0) is 56.9 Å². The van der Waals surface area contributed by atoms with Crippen LogP contribution in [0.15, 0.2) is 36.7 Å². The van der Waals surface area contributed by atoms with Crippen molar-refractivity contribution in [3.05, 3.63) is 42.2 Å². The Morgan fingerprint density at radius 3 is 2.28 bits per heavy atom. The average molecular weight is 553 g/mol. The SMILES string of the molecule is N[C@H]1CC[C@H](Nc2nc(NC3CCN(S(=O)(=O)Cc4ccccc4)CC3)c3ncn(C4CCCC4)c3n2)CC1. The van der Waals surface area contributed by atoms with Crippen LogP contribution in [0.5, 0.6) is 0 Å². The topological polar surface area (TPSA) is 131 Å². The Kier molecular flexibility index (Phi) is 7.72. The molecule has 39 heavy (non-hydrogen) atoms. The zero-order chi connectivity index (χ0) is 26.8. The van der Waals surface area contributed by atoms with Crippen molar-refractivity contribution in [1.82, 2.24) is 23.8 Å². The highest BCUT2D eigenvalue weighted by Gasteiger charge is 2.30. The lowest BCUT2D eigenvalue weighted by atomic mass is 9.92. The van der Waals surface area contributed by atoms with Crippen LogP contribution in [0.25, 0.3) is 11.2 Å². The molecule has 1 aliphatic heterocycles. The molecule has 0 bridgehead atoms. The maximum Gasteiger partial charge on any atom is 0.227 e. The van der Waals surface area contributed by atoms with Crippen molar-refractivity contribution in [3.8, 4) is 0 Å². The Balaban J connectivity index is 1.18. The van der Waals surface area contributed by atoms with Crippen molar-refractivity contribution in [2.24, 2.45) is 5.73 Å². The van der Waals surface area contributed by atoms with Gasteiger partial charge in [0.05, 0.1) is 12.1 Å². The molecule has 0 spiro atoms. The minimum Gasteiger partial charge on any atom is -0.365 e. The van der Waals surface area contributed by atoms with E-state index in [-0.39, 0.29) is 17.8 Å². The number of benzene rings is 1. The number of hydrogen-bond donors (Lipinski definition) is 3. The Labute approximate surface area is 230 Å². The maximum absolute atomic E-state index is 13.0. The Morgan fingerprint density at radius 2 is 1.56 bits per heavy atom. The number of nitrogens with two attached hydrogens (primary N) is 1. The fourth-order valence-electron chi connectivity index (χ4n) is 6.33. The standard InChI is InChI=1S/C28H40N8O2S/c29-21-10-12-22(13-11-21)32-28-33-26(25-27(34-28)36(19-30-25)24-8-4-5-9-24)31-23-14-16-35(17-15-23)39(37,38)18-20-6-2-1-3-7-20/h1-3,6-7,19,21-24H,4-5,8-18,29H2,(H2,31,32,33,34)/t21-,22-. The highest BCUT2D eigenvalue weighted by molar-refractivity contribution is 7.88. The first-order valence-electron chi connectivity index (χ1n) is 14.5. The number of piperidine rings is 1. The van der Waals surface area contributed by atoms with E-state index in [4.69, 9.17) is 20.7 Å². The van der Waals surface area contributed by atoms with Gasteiger partial charge in [0, 0.05) is 37.3 Å². The van der Waals surface area contributed by atoms with Gasteiger partial charge >= 0.3 is 0 Å². The van der Waals surface area contributed by atoms with Gasteiger partial charge in [0.2, 0.25) is 16.0 Å². The van der Waals surface area contributed by atoms with Crippen LogP contribution < -0.4 is 16.4 Å². The molecular formula is C28H40N8O2S. The summed E-state index contributed by atoms with van der Waals surface area (Å²) in [5.74, 6) is 1.41. The molecule has 3 fully saturated rings. The van der Waals surface area contributed by atoms with Gasteiger partial charge in [-0.1, -0.05) is 43.2 Å². The number of hydrogen-bond acceptors (Lipinski definition) is 8. The molecule has 0 atom stereocenters. The van der Waals surface area contributed by atoms with Gasteiger partial charge in [-0.2, -0.15) is 9.97 Å². The summed E-state index contributed by atoms with van der Waals surface area (Å²) in [5, 5.41) is 7.21. The first kappa shape index (κ1) is 26.5. The lowest BCUT2D eigenvalue weighted by Crippen LogP contribution is -2.43. The Morgan fingerprint density at radius 1 is 0.872 bits per heavy atom. The van der Waals surface area contributed by atoms with Gasteiger partial charge in [-0.25, -0.2) is 17.7 Å². The van der Waals surface area contributed by atoms with Gasteiger partial charge < -0.3 is 20.9 Å². The third-order valence-corrected chi connectivity index (χ3v) is 10.5. The third kappa shape index (κ3) is 6.05. The number of nitrogens with zero attached hydrogens (tertiary/aromatic N) is 5. The van der Waals surface area contributed by atoms with Crippen LogP contribution >= 0.6 is 0 Å². The van der Waals surface area contributed by atoms with Gasteiger partial charge in [-0.15, -0.1) is 0 Å². The van der Waals surface area contributed by atoms with Crippen LogP contribution in [0, 0.1) is 0 Å². The summed E-state index contributed by atoms with van der Waals surface area (Å²) < 4.78 is 29.9. The molecule has 6 rings (SSSR count). The summed E-state index contributed by atoms with van der Waals surface area (Å²) in [7, 11) is -3.36. The fraction of sp³-hybridized carbons (Fsp3) is 0.607. The summed E-state index contributed by atoms with van der Waals surface area (Å²) in [6.45, 7) is 0.982. The summed E-state index contributed by atoms with van der Waals surface area (Å²) in [6, 6.07) is 10.5. The molecule has 2 aromatic heterocycles. The van der Waals surface area contributed by atoms with Crippen molar-refractivity contribution in [2.45, 2.75) is 94.1 Å². The van der Waals surface area contributed by atoms with Crippen LogP contribution in [-0.2, 0) is 15.8 Å². The molecule has 0 radical (unpaired) electrons. The van der Waals surface area contributed by atoms with Crippen LogP contribution in [0.4, 0.5) is 11.8 Å². The van der Waals surface area contributed by atoms with Crippen molar-refractivity contribution in [3.63, 3.8) is 0 Å². The number of sulfonamides is 1. The van der Waals surface area contributed by atoms with E-state index in [2.05, 4.69) is 15.2 Å². The minimum atomic E-state index is -3.36. The van der Waals surface area contributed by atoms with Gasteiger partial charge in [0.1, 0.15) is 0 Å². The monoisotopic (exact) mass is 552 g/mol. The minimum absolute atomic E-state index is 0.0398. The van der Waals surface area contributed by atoms with Crippen LogP contribution in [0.1, 0.15) is 75.8 Å². The number of nitrogens with one attached hydrogen (secondary N) is 2. The molecule has 210 valence electrons. The summed E-state index contributed by atoms with van der Waals surface area (Å²) in [6.07, 6.45) is 12.2. The predicted octanol–water partition coefficient (Wildman–Crippen LogP) is 4.03. The molecule has 10 nitrogen and oxygen atoms in total. The zero-order valence-electron chi connectivity index (χ0n) is 22.5. The molecule has 3 aliphatic rings. The van der Waals surface area contributed by atoms with Gasteiger partial charge in [0.25, 0.3) is 0 Å². The maximum atomic E-state index is 13.0. The molecular weight excluding hydrogens is 512 g/mol. The van der Waals surface area contributed by atoms with Gasteiger partial charge in [0.15, 0.2) is 17.0 Å². The second kappa shape index (κ2) is 11.4. The third-order valence-electron chi connectivity index (χ3n) is 8.62. The molecule has 0 amide bonds. The number of anilines is 2. The second-order valence-corrected chi connectivity index (χ2v) is 13.4. The van der Waals surface area contributed by atoms with E-state index in [0.29, 0.717) is 44.0 Å².